The fourth-order valence-corrected chi connectivity index (χ4v) is 3.80. The van der Waals surface area contributed by atoms with E-state index < -0.39 is 11.9 Å². The van der Waals surface area contributed by atoms with E-state index in [0.29, 0.717) is 0 Å². The standard InChI is InChI=1S/C17H21NO3/c19-15-11-14(17(20)21)16(12-7-3-1-4-8-12)18(15)13-9-5-2-6-10-13/h1,3-4,7-8,13-14,16H,2,5-6,9-11H2,(H,20,21)/p-1/t14-,16+/m1/s1. The Kier molecular flexibility index (Phi) is 3.95. The topological polar surface area (TPSA) is 60.4 Å². The number of amides is 1. The molecule has 1 aliphatic carbocycles. The summed E-state index contributed by atoms with van der Waals surface area (Å²) in [5.41, 5.74) is 0.906. The number of nitrogens with zero attached hydrogens (tertiary/aromatic N) is 1. The summed E-state index contributed by atoms with van der Waals surface area (Å²) in [5, 5.41) is 11.5. The largest absolute Gasteiger partial charge is 0.550 e. The predicted molar refractivity (Wildman–Crippen MR) is 76.0 cm³/mol. The molecular weight excluding hydrogens is 266 g/mol. The smallest absolute Gasteiger partial charge is 0.224 e. The van der Waals surface area contributed by atoms with Gasteiger partial charge in [0.25, 0.3) is 0 Å². The van der Waals surface area contributed by atoms with Gasteiger partial charge in [-0.25, -0.2) is 0 Å². The van der Waals surface area contributed by atoms with Crippen LogP contribution >= 0.6 is 0 Å². The summed E-state index contributed by atoms with van der Waals surface area (Å²) in [7, 11) is 0. The van der Waals surface area contributed by atoms with Crippen molar-refractivity contribution in [3.63, 3.8) is 0 Å². The fourth-order valence-electron chi connectivity index (χ4n) is 3.80. The Morgan fingerprint density at radius 1 is 1.10 bits per heavy atom. The Bertz CT molecular complexity index is 522. The SMILES string of the molecule is O=C([O-])[C@@H]1CC(=O)N(C2CCCCC2)[C@H]1c1ccccc1. The molecule has 4 heteroatoms. The molecule has 4 nitrogen and oxygen atoms in total. The van der Waals surface area contributed by atoms with Crippen LogP contribution in [0.15, 0.2) is 30.3 Å². The van der Waals surface area contributed by atoms with Crippen LogP contribution in [0.5, 0.6) is 0 Å². The summed E-state index contributed by atoms with van der Waals surface area (Å²) in [6.45, 7) is 0. The molecular formula is C17H20NO3-. The molecule has 0 unspecified atom stereocenters. The van der Waals surface area contributed by atoms with Crippen molar-refractivity contribution in [2.45, 2.75) is 50.6 Å². The van der Waals surface area contributed by atoms with Gasteiger partial charge in [0.1, 0.15) is 0 Å². The molecule has 1 aliphatic heterocycles. The first-order chi connectivity index (χ1) is 10.2. The molecule has 1 aromatic carbocycles. The highest BCUT2D eigenvalue weighted by atomic mass is 16.4. The number of carboxylic acid groups (broad SMARTS) is 1. The molecule has 1 saturated heterocycles. The second kappa shape index (κ2) is 5.88. The van der Waals surface area contributed by atoms with Crippen molar-refractivity contribution in [3.8, 4) is 0 Å². The molecule has 2 fully saturated rings. The van der Waals surface area contributed by atoms with Gasteiger partial charge in [-0.05, 0) is 18.4 Å². The summed E-state index contributed by atoms with van der Waals surface area (Å²) in [5.74, 6) is -1.89. The highest BCUT2D eigenvalue weighted by molar-refractivity contribution is 5.87. The van der Waals surface area contributed by atoms with E-state index in [9.17, 15) is 14.7 Å². The van der Waals surface area contributed by atoms with E-state index in [2.05, 4.69) is 0 Å². The van der Waals surface area contributed by atoms with Gasteiger partial charge in [0.05, 0.1) is 6.04 Å². The number of rotatable bonds is 3. The minimum atomic E-state index is -1.12. The number of carbonyl (C=O) groups is 2. The monoisotopic (exact) mass is 286 g/mol. The molecule has 1 amide bonds. The van der Waals surface area contributed by atoms with Crippen molar-refractivity contribution < 1.29 is 14.7 Å². The first kappa shape index (κ1) is 14.1. The van der Waals surface area contributed by atoms with Crippen LogP contribution in [0.1, 0.15) is 50.1 Å². The summed E-state index contributed by atoms with van der Waals surface area (Å²) in [6.07, 6.45) is 5.47. The van der Waals surface area contributed by atoms with Crippen LogP contribution in [0.25, 0.3) is 0 Å². The Morgan fingerprint density at radius 2 is 1.76 bits per heavy atom. The lowest BCUT2D eigenvalue weighted by atomic mass is 9.90. The number of hydrogen-bond donors (Lipinski definition) is 0. The van der Waals surface area contributed by atoms with Crippen LogP contribution in [-0.4, -0.2) is 22.8 Å². The molecule has 3 rings (SSSR count). The van der Waals surface area contributed by atoms with Crippen molar-refractivity contribution in [3.05, 3.63) is 35.9 Å². The van der Waals surface area contributed by atoms with E-state index in [0.717, 1.165) is 31.2 Å². The average Bonchev–Trinajstić information content (AvgIpc) is 2.87. The van der Waals surface area contributed by atoms with Gasteiger partial charge in [0.2, 0.25) is 5.91 Å². The number of hydrogen-bond acceptors (Lipinski definition) is 3. The number of carbonyl (C=O) groups excluding carboxylic acids is 2. The molecule has 2 atom stereocenters. The molecule has 1 saturated carbocycles. The summed E-state index contributed by atoms with van der Waals surface area (Å²) in [6, 6.07) is 9.32. The predicted octanol–water partition coefficient (Wildman–Crippen LogP) is 1.66. The Morgan fingerprint density at radius 3 is 2.38 bits per heavy atom. The summed E-state index contributed by atoms with van der Waals surface area (Å²) in [4.78, 5) is 25.7. The molecule has 0 radical (unpaired) electrons. The van der Waals surface area contributed by atoms with E-state index in [4.69, 9.17) is 0 Å². The molecule has 112 valence electrons. The minimum Gasteiger partial charge on any atom is -0.550 e. The first-order valence-electron chi connectivity index (χ1n) is 7.75. The summed E-state index contributed by atoms with van der Waals surface area (Å²) >= 11 is 0. The van der Waals surface area contributed by atoms with Crippen molar-refractivity contribution in [2.24, 2.45) is 5.92 Å². The fraction of sp³-hybridized carbons (Fsp3) is 0.529. The number of benzene rings is 1. The van der Waals surface area contributed by atoms with E-state index in [-0.39, 0.29) is 24.4 Å². The minimum absolute atomic E-state index is 0.0371. The maximum absolute atomic E-state index is 12.4. The van der Waals surface area contributed by atoms with Crippen molar-refractivity contribution in [2.75, 3.05) is 0 Å². The number of aliphatic carboxylic acids is 1. The third kappa shape index (κ3) is 2.67. The van der Waals surface area contributed by atoms with Crippen LogP contribution in [0.4, 0.5) is 0 Å². The second-order valence-electron chi connectivity index (χ2n) is 6.08. The Hall–Kier alpha value is -1.84. The Balaban J connectivity index is 1.95. The highest BCUT2D eigenvalue weighted by Crippen LogP contribution is 2.41. The van der Waals surface area contributed by atoms with Gasteiger partial charge in [-0.1, -0.05) is 49.6 Å². The maximum atomic E-state index is 12.4. The molecule has 0 bridgehead atoms. The van der Waals surface area contributed by atoms with E-state index in [1.165, 1.54) is 6.42 Å². The number of carboxylic acids is 1. The molecule has 1 aromatic rings. The highest BCUT2D eigenvalue weighted by Gasteiger charge is 2.44. The van der Waals surface area contributed by atoms with Crippen LogP contribution in [-0.2, 0) is 9.59 Å². The lowest BCUT2D eigenvalue weighted by molar-refractivity contribution is -0.312. The average molecular weight is 286 g/mol. The normalized spacial score (nSPS) is 27.0. The second-order valence-corrected chi connectivity index (χ2v) is 6.08. The van der Waals surface area contributed by atoms with Crippen LogP contribution < -0.4 is 5.11 Å². The number of likely N-dealkylation sites (tertiary alicyclic amines) is 1. The zero-order valence-corrected chi connectivity index (χ0v) is 12.0. The Labute approximate surface area is 124 Å². The molecule has 1 heterocycles. The third-order valence-electron chi connectivity index (χ3n) is 4.78. The van der Waals surface area contributed by atoms with Crippen molar-refractivity contribution in [1.29, 1.82) is 0 Å². The van der Waals surface area contributed by atoms with Crippen LogP contribution in [0.3, 0.4) is 0 Å². The van der Waals surface area contributed by atoms with Gasteiger partial charge in [-0.2, -0.15) is 0 Å². The third-order valence-corrected chi connectivity index (χ3v) is 4.78. The summed E-state index contributed by atoms with van der Waals surface area (Å²) < 4.78 is 0. The molecule has 0 aromatic heterocycles. The molecule has 2 aliphatic rings. The zero-order valence-electron chi connectivity index (χ0n) is 12.0. The van der Waals surface area contributed by atoms with Gasteiger partial charge < -0.3 is 14.8 Å². The maximum Gasteiger partial charge on any atom is 0.224 e. The lowest BCUT2D eigenvalue weighted by Gasteiger charge is -2.37. The zero-order chi connectivity index (χ0) is 14.8. The quantitative estimate of drug-likeness (QED) is 0.849. The first-order valence-corrected chi connectivity index (χ1v) is 7.75. The van der Waals surface area contributed by atoms with Gasteiger partial charge >= 0.3 is 0 Å². The molecule has 0 spiro atoms. The van der Waals surface area contributed by atoms with Gasteiger partial charge in [-0.15, -0.1) is 0 Å². The van der Waals surface area contributed by atoms with Gasteiger partial charge in [-0.3, -0.25) is 4.79 Å². The lowest BCUT2D eigenvalue weighted by Crippen LogP contribution is -2.42. The van der Waals surface area contributed by atoms with E-state index >= 15 is 0 Å². The van der Waals surface area contributed by atoms with Crippen molar-refractivity contribution in [1.82, 2.24) is 4.90 Å². The van der Waals surface area contributed by atoms with E-state index in [1.54, 1.807) is 0 Å². The van der Waals surface area contributed by atoms with Crippen LogP contribution in [0, 0.1) is 5.92 Å². The molecule has 0 N–H and O–H groups in total. The van der Waals surface area contributed by atoms with E-state index in [1.807, 2.05) is 35.2 Å². The molecule has 21 heavy (non-hydrogen) atoms. The van der Waals surface area contributed by atoms with Crippen LogP contribution in [0.2, 0.25) is 0 Å². The van der Waals surface area contributed by atoms with Crippen molar-refractivity contribution >= 4 is 11.9 Å². The van der Waals surface area contributed by atoms with Gasteiger partial charge in [0, 0.05) is 24.3 Å². The van der Waals surface area contributed by atoms with Gasteiger partial charge in [0.15, 0.2) is 0 Å².